The van der Waals surface area contributed by atoms with E-state index >= 15 is 0 Å². The van der Waals surface area contributed by atoms with Gasteiger partial charge in [-0.1, -0.05) is 60.7 Å². The van der Waals surface area contributed by atoms with Crippen LogP contribution in [-0.2, 0) is 11.3 Å². The number of hydrogen-bond acceptors (Lipinski definition) is 5. The highest BCUT2D eigenvalue weighted by molar-refractivity contribution is 5.74. The Morgan fingerprint density at radius 3 is 2.17 bits per heavy atom. The van der Waals surface area contributed by atoms with Crippen molar-refractivity contribution in [3.63, 3.8) is 0 Å². The number of rotatable bonds is 8. The fourth-order valence-corrected chi connectivity index (χ4v) is 3.98. The first kappa shape index (κ1) is 22.6. The van der Waals surface area contributed by atoms with E-state index in [0.29, 0.717) is 16.7 Å². The Morgan fingerprint density at radius 2 is 1.54 bits per heavy atom. The van der Waals surface area contributed by atoms with Crippen LogP contribution in [-0.4, -0.2) is 37.1 Å². The molecule has 8 heteroatoms. The number of ether oxygens (including phenoxy) is 1. The number of aliphatic hydroxyl groups excluding tert-OH is 1. The predicted molar refractivity (Wildman–Crippen MR) is 130 cm³/mol. The second-order valence-electron chi connectivity index (χ2n) is 8.16. The molecule has 1 atom stereocenters. The molecule has 0 aliphatic heterocycles. The van der Waals surface area contributed by atoms with Crippen molar-refractivity contribution in [2.24, 2.45) is 0 Å². The summed E-state index contributed by atoms with van der Waals surface area (Å²) >= 11 is 0. The van der Waals surface area contributed by atoms with Crippen LogP contribution in [0.5, 0.6) is 0 Å². The zero-order valence-electron chi connectivity index (χ0n) is 18.7. The van der Waals surface area contributed by atoms with Crippen LogP contribution >= 0.6 is 0 Å². The van der Waals surface area contributed by atoms with E-state index in [9.17, 15) is 14.3 Å². The van der Waals surface area contributed by atoms with Crippen molar-refractivity contribution >= 4 is 11.0 Å². The number of aliphatic hydroxyl groups is 1. The number of benzene rings is 3. The minimum atomic E-state index is -0.936. The molecule has 0 fully saturated rings. The van der Waals surface area contributed by atoms with E-state index in [2.05, 4.69) is 10.1 Å². The highest BCUT2D eigenvalue weighted by Gasteiger charge is 2.18. The summed E-state index contributed by atoms with van der Waals surface area (Å²) in [4.78, 5) is 17.4. The van der Waals surface area contributed by atoms with Crippen LogP contribution in [0.1, 0.15) is 17.2 Å². The van der Waals surface area contributed by atoms with Gasteiger partial charge in [-0.15, -0.1) is 0 Å². The lowest BCUT2D eigenvalue weighted by atomic mass is 10.0. The normalized spacial score (nSPS) is 12.3. The maximum atomic E-state index is 13.3. The van der Waals surface area contributed by atoms with Gasteiger partial charge in [-0.2, -0.15) is 5.10 Å². The summed E-state index contributed by atoms with van der Waals surface area (Å²) in [5.41, 5.74) is 2.56. The Labute approximate surface area is 200 Å². The molecule has 0 aliphatic rings. The third-order valence-electron chi connectivity index (χ3n) is 5.69. The molecular formula is C27H23FN4O3. The SMILES string of the molecule is O=c1c2cnn(-c3ccc(F)cc3)c2ncn1CC(O)COC(c1ccccc1)c1ccccc1. The molecule has 7 nitrogen and oxygen atoms in total. The quantitative estimate of drug-likeness (QED) is 0.372. The topological polar surface area (TPSA) is 82.2 Å². The van der Waals surface area contributed by atoms with Crippen molar-refractivity contribution in [1.82, 2.24) is 19.3 Å². The molecule has 0 saturated carbocycles. The lowest BCUT2D eigenvalue weighted by molar-refractivity contribution is -0.000986. The maximum Gasteiger partial charge on any atom is 0.264 e. The summed E-state index contributed by atoms with van der Waals surface area (Å²) in [6.07, 6.45) is 1.52. The second kappa shape index (κ2) is 10.0. The molecule has 2 heterocycles. The van der Waals surface area contributed by atoms with Gasteiger partial charge in [-0.3, -0.25) is 9.36 Å². The molecule has 0 saturated heterocycles. The minimum absolute atomic E-state index is 0.0137. The standard InChI is InChI=1S/C27H23FN4O3/c28-21-11-13-22(14-12-21)32-26-24(15-30-32)27(34)31(18-29-26)16-23(33)17-35-25(19-7-3-1-4-8-19)20-9-5-2-6-10-20/h1-15,18,23,25,33H,16-17H2. The van der Waals surface area contributed by atoms with E-state index in [0.717, 1.165) is 11.1 Å². The van der Waals surface area contributed by atoms with Crippen molar-refractivity contribution in [3.05, 3.63) is 125 Å². The Balaban J connectivity index is 1.33. The molecule has 2 aromatic heterocycles. The first-order chi connectivity index (χ1) is 17.1. The maximum absolute atomic E-state index is 13.3. The summed E-state index contributed by atoms with van der Waals surface area (Å²) in [6, 6.07) is 25.3. The van der Waals surface area contributed by atoms with Crippen molar-refractivity contribution in [3.8, 4) is 5.69 Å². The molecule has 35 heavy (non-hydrogen) atoms. The summed E-state index contributed by atoms with van der Waals surface area (Å²) in [7, 11) is 0. The molecule has 0 bridgehead atoms. The smallest absolute Gasteiger partial charge is 0.264 e. The van der Waals surface area contributed by atoms with Crippen molar-refractivity contribution in [2.75, 3.05) is 6.61 Å². The zero-order valence-corrected chi connectivity index (χ0v) is 18.7. The second-order valence-corrected chi connectivity index (χ2v) is 8.16. The van der Waals surface area contributed by atoms with Crippen LogP contribution in [0.25, 0.3) is 16.7 Å². The van der Waals surface area contributed by atoms with Crippen LogP contribution in [0.4, 0.5) is 4.39 Å². The lowest BCUT2D eigenvalue weighted by Crippen LogP contribution is -2.30. The highest BCUT2D eigenvalue weighted by Crippen LogP contribution is 2.26. The monoisotopic (exact) mass is 470 g/mol. The summed E-state index contributed by atoms with van der Waals surface area (Å²) < 4.78 is 22.2. The number of halogens is 1. The van der Waals surface area contributed by atoms with Gasteiger partial charge in [0.2, 0.25) is 0 Å². The molecule has 0 spiro atoms. The lowest BCUT2D eigenvalue weighted by Gasteiger charge is -2.21. The third-order valence-corrected chi connectivity index (χ3v) is 5.69. The van der Waals surface area contributed by atoms with Gasteiger partial charge in [-0.25, -0.2) is 14.1 Å². The molecular weight excluding hydrogens is 447 g/mol. The fraction of sp³-hybridized carbons (Fsp3) is 0.148. The third kappa shape index (κ3) is 4.89. The van der Waals surface area contributed by atoms with E-state index in [1.54, 1.807) is 12.1 Å². The molecule has 0 aliphatic carbocycles. The minimum Gasteiger partial charge on any atom is -0.389 e. The number of aromatic nitrogens is 4. The van der Waals surface area contributed by atoms with Gasteiger partial charge in [0.1, 0.15) is 23.6 Å². The molecule has 176 valence electrons. The van der Waals surface area contributed by atoms with Crippen molar-refractivity contribution < 1.29 is 14.2 Å². The number of nitrogens with zero attached hydrogens (tertiary/aromatic N) is 4. The molecule has 3 aromatic carbocycles. The molecule has 5 rings (SSSR count). The van der Waals surface area contributed by atoms with Gasteiger partial charge in [0.25, 0.3) is 5.56 Å². The summed E-state index contributed by atoms with van der Waals surface area (Å²) in [5, 5.41) is 15.2. The Kier molecular flexibility index (Phi) is 6.47. The van der Waals surface area contributed by atoms with Gasteiger partial charge < -0.3 is 9.84 Å². The summed E-state index contributed by atoms with van der Waals surface area (Å²) in [6.45, 7) is 0.0353. The Morgan fingerprint density at radius 1 is 0.914 bits per heavy atom. The predicted octanol–water partition coefficient (Wildman–Crippen LogP) is 3.89. The molecule has 5 aromatic rings. The fourth-order valence-electron chi connectivity index (χ4n) is 3.98. The van der Waals surface area contributed by atoms with Crippen molar-refractivity contribution in [2.45, 2.75) is 18.8 Å². The summed E-state index contributed by atoms with van der Waals surface area (Å²) in [5.74, 6) is -0.362. The number of fused-ring (bicyclic) bond motifs is 1. The van der Waals surface area contributed by atoms with E-state index in [1.807, 2.05) is 60.7 Å². The molecule has 0 radical (unpaired) electrons. The molecule has 1 unspecified atom stereocenters. The largest absolute Gasteiger partial charge is 0.389 e. The van der Waals surface area contributed by atoms with E-state index in [-0.39, 0.29) is 30.6 Å². The average Bonchev–Trinajstić information content (AvgIpc) is 3.32. The van der Waals surface area contributed by atoms with Crippen LogP contribution in [0, 0.1) is 5.82 Å². The van der Waals surface area contributed by atoms with Crippen molar-refractivity contribution in [1.29, 1.82) is 0 Å². The first-order valence-corrected chi connectivity index (χ1v) is 11.2. The van der Waals surface area contributed by atoms with E-state index in [1.165, 1.54) is 33.9 Å². The van der Waals surface area contributed by atoms with Crippen LogP contribution < -0.4 is 5.56 Å². The van der Waals surface area contributed by atoms with E-state index < -0.39 is 6.10 Å². The van der Waals surface area contributed by atoms with Gasteiger partial charge in [-0.05, 0) is 35.4 Å². The molecule has 1 N–H and O–H groups in total. The van der Waals surface area contributed by atoms with Crippen LogP contribution in [0.3, 0.4) is 0 Å². The van der Waals surface area contributed by atoms with E-state index in [4.69, 9.17) is 4.74 Å². The van der Waals surface area contributed by atoms with Gasteiger partial charge in [0.05, 0.1) is 31.1 Å². The Bertz CT molecular complexity index is 1430. The van der Waals surface area contributed by atoms with Gasteiger partial charge in [0, 0.05) is 0 Å². The van der Waals surface area contributed by atoms with Crippen LogP contribution in [0.2, 0.25) is 0 Å². The van der Waals surface area contributed by atoms with Gasteiger partial charge in [0.15, 0.2) is 5.65 Å². The Hall–Kier alpha value is -4.14. The molecule has 0 amide bonds. The number of hydrogen-bond donors (Lipinski definition) is 1. The van der Waals surface area contributed by atoms with Crippen LogP contribution in [0.15, 0.2) is 102 Å². The first-order valence-electron chi connectivity index (χ1n) is 11.2. The average molecular weight is 471 g/mol. The van der Waals surface area contributed by atoms with Gasteiger partial charge >= 0.3 is 0 Å². The highest BCUT2D eigenvalue weighted by atomic mass is 19.1. The zero-order chi connectivity index (χ0) is 24.2.